The number of sulfone groups is 1. The Bertz CT molecular complexity index is 924. The topological polar surface area (TPSA) is 111 Å². The van der Waals surface area contributed by atoms with Crippen LogP contribution in [0.25, 0.3) is 0 Å². The third kappa shape index (κ3) is 3.41. The largest absolute Gasteiger partial charge is 0.365 e. The molecule has 1 fully saturated rings. The fraction of sp³-hybridized carbons (Fsp3) is 0.500. The van der Waals surface area contributed by atoms with Crippen molar-refractivity contribution in [2.24, 2.45) is 0 Å². The van der Waals surface area contributed by atoms with Crippen LogP contribution >= 0.6 is 0 Å². The highest BCUT2D eigenvalue weighted by molar-refractivity contribution is 7.90. The van der Waals surface area contributed by atoms with E-state index in [1.165, 1.54) is 6.07 Å². The number of aromatic nitrogens is 3. The minimum absolute atomic E-state index is 0.0905. The molecule has 1 aromatic carbocycles. The van der Waals surface area contributed by atoms with Gasteiger partial charge in [-0.05, 0) is 31.9 Å². The van der Waals surface area contributed by atoms with Crippen LogP contribution in [0.4, 0.5) is 11.4 Å². The summed E-state index contributed by atoms with van der Waals surface area (Å²) >= 11 is 0. The van der Waals surface area contributed by atoms with Crippen LogP contribution < -0.4 is 4.90 Å². The van der Waals surface area contributed by atoms with Crippen molar-refractivity contribution in [3.8, 4) is 0 Å². The van der Waals surface area contributed by atoms with E-state index in [1.807, 2.05) is 16.4 Å². The Kier molecular flexibility index (Phi) is 4.94. The van der Waals surface area contributed by atoms with Gasteiger partial charge in [-0.1, -0.05) is 6.07 Å². The Hall–Kier alpha value is -2.49. The molecule has 1 unspecified atom stereocenters. The number of benzene rings is 1. The van der Waals surface area contributed by atoms with E-state index in [-0.39, 0.29) is 16.5 Å². The molecule has 1 aliphatic heterocycles. The molecule has 140 valence electrons. The molecule has 3 rings (SSSR count). The number of aryl methyl sites for hydroxylation is 1. The van der Waals surface area contributed by atoms with E-state index < -0.39 is 14.8 Å². The first-order valence-corrected chi connectivity index (χ1v) is 10.3. The second kappa shape index (κ2) is 7.02. The Labute approximate surface area is 151 Å². The van der Waals surface area contributed by atoms with Gasteiger partial charge in [0.1, 0.15) is 22.7 Å². The Morgan fingerprint density at radius 3 is 2.81 bits per heavy atom. The molecule has 1 saturated heterocycles. The quantitative estimate of drug-likeness (QED) is 0.577. The summed E-state index contributed by atoms with van der Waals surface area (Å²) in [6.07, 6.45) is 4.42. The van der Waals surface area contributed by atoms with Crippen LogP contribution in [0, 0.1) is 10.1 Å². The van der Waals surface area contributed by atoms with Crippen LogP contribution in [0.2, 0.25) is 0 Å². The van der Waals surface area contributed by atoms with Crippen LogP contribution in [0.5, 0.6) is 0 Å². The lowest BCUT2D eigenvalue weighted by Gasteiger charge is -2.33. The molecule has 9 nitrogen and oxygen atoms in total. The Balaban J connectivity index is 2.00. The summed E-state index contributed by atoms with van der Waals surface area (Å²) in [6.45, 7) is 3.92. The van der Waals surface area contributed by atoms with Crippen molar-refractivity contribution in [1.29, 1.82) is 0 Å². The van der Waals surface area contributed by atoms with Crippen molar-refractivity contribution in [2.75, 3.05) is 24.2 Å². The van der Waals surface area contributed by atoms with Gasteiger partial charge in [-0.2, -0.15) is 0 Å². The lowest BCUT2D eigenvalue weighted by Crippen LogP contribution is -2.36. The number of rotatable bonds is 5. The van der Waals surface area contributed by atoms with Gasteiger partial charge >= 0.3 is 5.69 Å². The summed E-state index contributed by atoms with van der Waals surface area (Å²) in [4.78, 5) is 12.7. The lowest BCUT2D eigenvalue weighted by atomic mass is 9.96. The van der Waals surface area contributed by atoms with Gasteiger partial charge in [-0.15, -0.1) is 10.2 Å². The van der Waals surface area contributed by atoms with Gasteiger partial charge in [0, 0.05) is 31.8 Å². The van der Waals surface area contributed by atoms with Crippen LogP contribution in [0.15, 0.2) is 29.4 Å². The van der Waals surface area contributed by atoms with Crippen molar-refractivity contribution >= 4 is 21.2 Å². The highest BCUT2D eigenvalue weighted by Crippen LogP contribution is 2.38. The van der Waals surface area contributed by atoms with E-state index in [0.29, 0.717) is 18.8 Å². The number of para-hydroxylation sites is 1. The first-order valence-electron chi connectivity index (χ1n) is 8.43. The maximum Gasteiger partial charge on any atom is 0.311 e. The molecule has 1 atom stereocenters. The van der Waals surface area contributed by atoms with Crippen molar-refractivity contribution < 1.29 is 13.3 Å². The predicted molar refractivity (Wildman–Crippen MR) is 96.1 cm³/mol. The zero-order valence-corrected chi connectivity index (χ0v) is 15.5. The summed E-state index contributed by atoms with van der Waals surface area (Å²) in [6, 6.07) is 4.45. The van der Waals surface area contributed by atoms with Gasteiger partial charge in [0.05, 0.1) is 4.92 Å². The Morgan fingerprint density at radius 1 is 1.38 bits per heavy atom. The molecule has 2 aromatic rings. The molecule has 0 radical (unpaired) electrons. The van der Waals surface area contributed by atoms with Crippen molar-refractivity contribution in [3.63, 3.8) is 0 Å². The Morgan fingerprint density at radius 2 is 2.15 bits per heavy atom. The molecular weight excluding hydrogens is 358 g/mol. The second-order valence-electron chi connectivity index (χ2n) is 6.41. The SMILES string of the molecule is CCn1cnnc1C1CCCN(c2cccc(S(C)(=O)=O)c2[N+](=O)[O-])C1. The number of hydrogen-bond acceptors (Lipinski definition) is 7. The molecule has 0 amide bonds. The molecule has 1 aliphatic rings. The molecule has 0 bridgehead atoms. The average Bonchev–Trinajstić information content (AvgIpc) is 3.09. The molecule has 0 spiro atoms. The minimum Gasteiger partial charge on any atom is -0.365 e. The molecule has 26 heavy (non-hydrogen) atoms. The number of hydrogen-bond donors (Lipinski definition) is 0. The van der Waals surface area contributed by atoms with Gasteiger partial charge in [-0.25, -0.2) is 8.42 Å². The molecular formula is C16H21N5O4S. The van der Waals surface area contributed by atoms with Crippen molar-refractivity contribution in [3.05, 3.63) is 40.5 Å². The highest BCUT2D eigenvalue weighted by atomic mass is 32.2. The predicted octanol–water partition coefficient (Wildman–Crippen LogP) is 1.99. The number of piperidine rings is 1. The summed E-state index contributed by atoms with van der Waals surface area (Å²) in [5, 5.41) is 19.8. The average molecular weight is 379 g/mol. The smallest absolute Gasteiger partial charge is 0.311 e. The monoisotopic (exact) mass is 379 g/mol. The number of nitro benzene ring substituents is 1. The van der Waals surface area contributed by atoms with Gasteiger partial charge in [0.15, 0.2) is 9.84 Å². The van der Waals surface area contributed by atoms with Crippen LogP contribution in [-0.4, -0.2) is 47.5 Å². The summed E-state index contributed by atoms with van der Waals surface area (Å²) in [5.74, 6) is 0.951. The summed E-state index contributed by atoms with van der Waals surface area (Å²) < 4.78 is 25.9. The number of anilines is 1. The van der Waals surface area contributed by atoms with E-state index in [4.69, 9.17) is 0 Å². The molecule has 10 heteroatoms. The molecule has 0 aliphatic carbocycles. The summed E-state index contributed by atoms with van der Waals surface area (Å²) in [7, 11) is -3.70. The zero-order valence-electron chi connectivity index (χ0n) is 14.7. The first-order chi connectivity index (χ1) is 12.3. The van der Waals surface area contributed by atoms with E-state index >= 15 is 0 Å². The van der Waals surface area contributed by atoms with E-state index in [1.54, 1.807) is 18.5 Å². The van der Waals surface area contributed by atoms with Gasteiger partial charge in [-0.3, -0.25) is 10.1 Å². The standard InChI is InChI=1S/C16H21N5O4S/c1-3-19-11-17-18-16(19)12-6-5-9-20(10-12)13-7-4-8-14(26(2,24)25)15(13)21(22)23/h4,7-8,11-12H,3,5-6,9-10H2,1-2H3. The highest BCUT2D eigenvalue weighted by Gasteiger charge is 2.32. The van der Waals surface area contributed by atoms with Crippen LogP contribution in [0.3, 0.4) is 0 Å². The fourth-order valence-corrected chi connectivity index (χ4v) is 4.34. The van der Waals surface area contributed by atoms with E-state index in [9.17, 15) is 18.5 Å². The number of nitro groups is 1. The van der Waals surface area contributed by atoms with Gasteiger partial charge in [0.2, 0.25) is 0 Å². The first kappa shape index (κ1) is 18.3. The third-order valence-corrected chi connectivity index (χ3v) is 5.80. The van der Waals surface area contributed by atoms with Crippen LogP contribution in [-0.2, 0) is 16.4 Å². The molecule has 2 heterocycles. The maximum atomic E-state index is 12.0. The summed E-state index contributed by atoms with van der Waals surface area (Å²) in [5.41, 5.74) is -0.0159. The molecule has 0 saturated carbocycles. The van der Waals surface area contributed by atoms with E-state index in [2.05, 4.69) is 10.2 Å². The third-order valence-electron chi connectivity index (χ3n) is 4.67. The fourth-order valence-electron chi connectivity index (χ4n) is 3.48. The number of nitrogens with zero attached hydrogens (tertiary/aromatic N) is 5. The van der Waals surface area contributed by atoms with Crippen LogP contribution in [0.1, 0.15) is 31.5 Å². The van der Waals surface area contributed by atoms with Gasteiger partial charge in [0.25, 0.3) is 0 Å². The van der Waals surface area contributed by atoms with E-state index in [0.717, 1.165) is 31.5 Å². The van der Waals surface area contributed by atoms with Gasteiger partial charge < -0.3 is 9.47 Å². The zero-order chi connectivity index (χ0) is 18.9. The lowest BCUT2D eigenvalue weighted by molar-refractivity contribution is -0.387. The minimum atomic E-state index is -3.70. The maximum absolute atomic E-state index is 12.0. The molecule has 0 N–H and O–H groups in total. The second-order valence-corrected chi connectivity index (χ2v) is 8.40. The normalized spacial score (nSPS) is 18.1. The van der Waals surface area contributed by atoms with Crippen molar-refractivity contribution in [2.45, 2.75) is 37.1 Å². The molecule has 1 aromatic heterocycles. The van der Waals surface area contributed by atoms with Crippen molar-refractivity contribution in [1.82, 2.24) is 14.8 Å².